The number of benzene rings is 3. The number of nitrogens with zero attached hydrogens (tertiary/aromatic N) is 4. The van der Waals surface area contributed by atoms with Gasteiger partial charge in [-0.2, -0.15) is 0 Å². The maximum atomic E-state index is 15.1. The lowest BCUT2D eigenvalue weighted by Crippen LogP contribution is -2.54. The first kappa shape index (κ1) is 24.4. The SMILES string of the molecule is CCN1c2cc(C(=O)Nc3ncn(CC)n3)ccc2NC1C(O)(c1ccccc1F)c1ccccc1F. The number of aliphatic hydroxyl groups is 1. The van der Waals surface area contributed by atoms with Crippen LogP contribution < -0.4 is 15.5 Å². The largest absolute Gasteiger partial charge is 0.376 e. The highest BCUT2D eigenvalue weighted by atomic mass is 19.1. The molecule has 1 aliphatic rings. The molecule has 0 bridgehead atoms. The lowest BCUT2D eigenvalue weighted by Gasteiger charge is -2.40. The number of hydrogen-bond acceptors (Lipinski definition) is 6. The molecule has 0 aliphatic carbocycles. The Labute approximate surface area is 212 Å². The fraction of sp³-hybridized carbons (Fsp3) is 0.222. The minimum absolute atomic E-state index is 0.0700. The molecular formula is C27H26F2N6O2. The van der Waals surface area contributed by atoms with E-state index in [1.165, 1.54) is 42.7 Å². The van der Waals surface area contributed by atoms with Crippen LogP contribution in [-0.2, 0) is 12.1 Å². The number of anilines is 3. The van der Waals surface area contributed by atoms with E-state index >= 15 is 8.78 Å². The van der Waals surface area contributed by atoms with Crippen molar-refractivity contribution in [3.8, 4) is 0 Å². The highest BCUT2D eigenvalue weighted by Gasteiger charge is 2.49. The van der Waals surface area contributed by atoms with Crippen molar-refractivity contribution in [2.45, 2.75) is 32.2 Å². The Kier molecular flexibility index (Phi) is 6.34. The van der Waals surface area contributed by atoms with Crippen molar-refractivity contribution >= 4 is 23.2 Å². The number of carbonyl (C=O) groups is 1. The fourth-order valence-corrected chi connectivity index (χ4v) is 4.74. The van der Waals surface area contributed by atoms with Crippen molar-refractivity contribution < 1.29 is 18.7 Å². The molecule has 8 nitrogen and oxygen atoms in total. The summed E-state index contributed by atoms with van der Waals surface area (Å²) in [5.74, 6) is -1.55. The van der Waals surface area contributed by atoms with Gasteiger partial charge in [-0.1, -0.05) is 36.4 Å². The summed E-state index contributed by atoms with van der Waals surface area (Å²) in [5.41, 5.74) is -0.682. The molecule has 190 valence electrons. The summed E-state index contributed by atoms with van der Waals surface area (Å²) in [6.07, 6.45) is 0.555. The van der Waals surface area contributed by atoms with E-state index in [-0.39, 0.29) is 17.1 Å². The molecule has 5 rings (SSSR count). The first-order valence-corrected chi connectivity index (χ1v) is 12.0. The van der Waals surface area contributed by atoms with Crippen molar-refractivity contribution in [2.24, 2.45) is 0 Å². The smallest absolute Gasteiger partial charge is 0.258 e. The number of hydrogen-bond donors (Lipinski definition) is 3. The molecule has 1 aromatic heterocycles. The number of fused-ring (bicyclic) bond motifs is 1. The molecule has 1 aliphatic heterocycles. The summed E-state index contributed by atoms with van der Waals surface area (Å²) >= 11 is 0. The Hall–Kier alpha value is -4.31. The zero-order chi connectivity index (χ0) is 26.2. The quantitative estimate of drug-likeness (QED) is 0.347. The first-order chi connectivity index (χ1) is 17.9. The first-order valence-electron chi connectivity index (χ1n) is 12.0. The van der Waals surface area contributed by atoms with Gasteiger partial charge in [-0.25, -0.2) is 13.8 Å². The predicted molar refractivity (Wildman–Crippen MR) is 136 cm³/mol. The number of aryl methyl sites for hydroxylation is 1. The van der Waals surface area contributed by atoms with Crippen LogP contribution in [0.2, 0.25) is 0 Å². The standard InChI is InChI=1S/C27H26F2N6O2/c1-3-34-16-30-26(33-34)32-24(36)17-13-14-22-23(15-17)35(4-2)25(31-22)27(37,18-9-5-7-11-20(18)28)19-10-6-8-12-21(19)29/h5-16,25,31,37H,3-4H2,1-2H3,(H,32,33,36). The van der Waals surface area contributed by atoms with Gasteiger partial charge in [-0.05, 0) is 44.2 Å². The van der Waals surface area contributed by atoms with E-state index in [2.05, 4.69) is 20.7 Å². The molecule has 0 saturated carbocycles. The maximum absolute atomic E-state index is 15.1. The van der Waals surface area contributed by atoms with Crippen molar-refractivity contribution in [1.29, 1.82) is 0 Å². The van der Waals surface area contributed by atoms with Crippen molar-refractivity contribution in [3.63, 3.8) is 0 Å². The van der Waals surface area contributed by atoms with Crippen LogP contribution in [0.1, 0.15) is 35.3 Å². The van der Waals surface area contributed by atoms with E-state index < -0.39 is 29.3 Å². The van der Waals surface area contributed by atoms with Gasteiger partial charge in [-0.3, -0.25) is 14.8 Å². The van der Waals surface area contributed by atoms with Gasteiger partial charge in [0.05, 0.1) is 11.4 Å². The molecule has 0 radical (unpaired) electrons. The summed E-state index contributed by atoms with van der Waals surface area (Å²) in [7, 11) is 0. The Morgan fingerprint density at radius 2 is 1.68 bits per heavy atom. The second-order valence-electron chi connectivity index (χ2n) is 8.67. The molecule has 2 heterocycles. The molecule has 1 unspecified atom stereocenters. The second kappa shape index (κ2) is 9.62. The highest BCUT2D eigenvalue weighted by Crippen LogP contribution is 2.45. The van der Waals surface area contributed by atoms with Crippen molar-refractivity contribution in [1.82, 2.24) is 14.8 Å². The molecule has 37 heavy (non-hydrogen) atoms. The summed E-state index contributed by atoms with van der Waals surface area (Å²) in [6, 6.07) is 16.6. The van der Waals surface area contributed by atoms with Gasteiger partial charge in [0.2, 0.25) is 5.95 Å². The van der Waals surface area contributed by atoms with E-state index in [4.69, 9.17) is 0 Å². The third-order valence-corrected chi connectivity index (χ3v) is 6.56. The predicted octanol–water partition coefficient (Wildman–Crippen LogP) is 4.34. The van der Waals surface area contributed by atoms with Crippen LogP contribution in [0, 0.1) is 11.6 Å². The number of likely N-dealkylation sites (N-methyl/N-ethyl adjacent to an activating group) is 1. The molecule has 0 spiro atoms. The molecule has 4 aromatic rings. The van der Waals surface area contributed by atoms with Gasteiger partial charge in [0.25, 0.3) is 5.91 Å². The molecule has 0 saturated heterocycles. The summed E-state index contributed by atoms with van der Waals surface area (Å²) in [5, 5.41) is 22.3. The topological polar surface area (TPSA) is 95.3 Å². The molecule has 1 amide bonds. The zero-order valence-corrected chi connectivity index (χ0v) is 20.3. The second-order valence-corrected chi connectivity index (χ2v) is 8.67. The summed E-state index contributed by atoms with van der Waals surface area (Å²) in [6.45, 7) is 4.77. The summed E-state index contributed by atoms with van der Waals surface area (Å²) in [4.78, 5) is 18.8. The van der Waals surface area contributed by atoms with Crippen LogP contribution in [-0.4, -0.2) is 38.5 Å². The number of rotatable bonds is 7. The minimum atomic E-state index is -2.11. The average molecular weight is 505 g/mol. The van der Waals surface area contributed by atoms with Crippen LogP contribution >= 0.6 is 0 Å². The van der Waals surface area contributed by atoms with Crippen LogP contribution in [0.3, 0.4) is 0 Å². The number of aromatic nitrogens is 3. The van der Waals surface area contributed by atoms with Crippen LogP contribution in [0.25, 0.3) is 0 Å². The lowest BCUT2D eigenvalue weighted by molar-refractivity contribution is 0.0524. The number of halogens is 2. The van der Waals surface area contributed by atoms with Gasteiger partial charge in [-0.15, -0.1) is 5.10 Å². The molecule has 0 fully saturated rings. The van der Waals surface area contributed by atoms with Crippen LogP contribution in [0.15, 0.2) is 73.1 Å². The normalized spacial score (nSPS) is 14.8. The third-order valence-electron chi connectivity index (χ3n) is 6.56. The van der Waals surface area contributed by atoms with Gasteiger partial charge in [0.1, 0.15) is 24.1 Å². The van der Waals surface area contributed by atoms with E-state index in [9.17, 15) is 9.90 Å². The van der Waals surface area contributed by atoms with E-state index in [1.54, 1.807) is 39.9 Å². The van der Waals surface area contributed by atoms with Crippen molar-refractivity contribution in [2.75, 3.05) is 22.1 Å². The van der Waals surface area contributed by atoms with Gasteiger partial charge in [0, 0.05) is 29.8 Å². The van der Waals surface area contributed by atoms with E-state index in [0.29, 0.717) is 30.0 Å². The molecule has 1 atom stereocenters. The van der Waals surface area contributed by atoms with E-state index in [0.717, 1.165) is 0 Å². The zero-order valence-electron chi connectivity index (χ0n) is 20.3. The van der Waals surface area contributed by atoms with E-state index in [1.807, 2.05) is 13.8 Å². The highest BCUT2D eigenvalue weighted by molar-refractivity contribution is 6.04. The van der Waals surface area contributed by atoms with Crippen molar-refractivity contribution in [3.05, 3.63) is 101 Å². The Bertz CT molecular complexity index is 1410. The van der Waals surface area contributed by atoms with Gasteiger partial charge >= 0.3 is 0 Å². The van der Waals surface area contributed by atoms with Crippen LogP contribution in [0.5, 0.6) is 0 Å². The molecular weight excluding hydrogens is 478 g/mol. The number of carbonyl (C=O) groups excluding carboxylic acids is 1. The summed E-state index contributed by atoms with van der Waals surface area (Å²) < 4.78 is 31.8. The van der Waals surface area contributed by atoms with Crippen LogP contribution in [0.4, 0.5) is 26.1 Å². The molecule has 3 aromatic carbocycles. The fourth-order valence-electron chi connectivity index (χ4n) is 4.74. The lowest BCUT2D eigenvalue weighted by atomic mass is 9.82. The van der Waals surface area contributed by atoms with Gasteiger partial charge in [0.15, 0.2) is 5.60 Å². The minimum Gasteiger partial charge on any atom is -0.376 e. The third kappa shape index (κ3) is 4.19. The monoisotopic (exact) mass is 504 g/mol. The van der Waals surface area contributed by atoms with Gasteiger partial charge < -0.3 is 15.3 Å². The molecule has 10 heteroatoms. The Balaban J connectivity index is 1.55. The Morgan fingerprint density at radius 1 is 1.03 bits per heavy atom. The molecule has 3 N–H and O–H groups in total. The maximum Gasteiger partial charge on any atom is 0.258 e. The number of amides is 1. The Morgan fingerprint density at radius 3 is 2.24 bits per heavy atom. The number of nitrogens with one attached hydrogen (secondary N) is 2. The average Bonchev–Trinajstić information content (AvgIpc) is 3.52.